The van der Waals surface area contributed by atoms with Gasteiger partial charge in [-0.2, -0.15) is 0 Å². The lowest BCUT2D eigenvalue weighted by Crippen LogP contribution is -2.39. The molecule has 27 heavy (non-hydrogen) atoms. The van der Waals surface area contributed by atoms with E-state index in [2.05, 4.69) is 12.2 Å². The summed E-state index contributed by atoms with van der Waals surface area (Å²) in [7, 11) is 0. The first-order valence-corrected chi connectivity index (χ1v) is 10.1. The van der Waals surface area contributed by atoms with Crippen molar-refractivity contribution in [2.45, 2.75) is 32.6 Å². The SMILES string of the molecule is CC(CC(=O)N1CCCN(C(=O)c2ccc(F)cc2)CC1)C1CCNCC1. The van der Waals surface area contributed by atoms with Crippen molar-refractivity contribution in [1.29, 1.82) is 0 Å². The van der Waals surface area contributed by atoms with Crippen molar-refractivity contribution < 1.29 is 14.0 Å². The van der Waals surface area contributed by atoms with Crippen LogP contribution in [0.25, 0.3) is 0 Å². The maximum Gasteiger partial charge on any atom is 0.253 e. The predicted molar refractivity (Wildman–Crippen MR) is 103 cm³/mol. The molecule has 5 nitrogen and oxygen atoms in total. The summed E-state index contributed by atoms with van der Waals surface area (Å²) in [6.07, 6.45) is 3.67. The number of benzene rings is 1. The van der Waals surface area contributed by atoms with Crippen LogP contribution in [-0.4, -0.2) is 60.9 Å². The van der Waals surface area contributed by atoms with Crippen molar-refractivity contribution in [3.05, 3.63) is 35.6 Å². The Bertz CT molecular complexity index is 643. The maximum atomic E-state index is 13.1. The largest absolute Gasteiger partial charge is 0.341 e. The van der Waals surface area contributed by atoms with Gasteiger partial charge >= 0.3 is 0 Å². The van der Waals surface area contributed by atoms with Crippen LogP contribution in [0.5, 0.6) is 0 Å². The number of rotatable bonds is 4. The van der Waals surface area contributed by atoms with Crippen LogP contribution < -0.4 is 5.32 Å². The quantitative estimate of drug-likeness (QED) is 0.880. The average Bonchev–Trinajstić information content (AvgIpc) is 2.95. The highest BCUT2D eigenvalue weighted by Crippen LogP contribution is 2.25. The molecule has 0 bridgehead atoms. The van der Waals surface area contributed by atoms with Gasteiger partial charge in [0.25, 0.3) is 5.91 Å². The Hall–Kier alpha value is -1.95. The number of nitrogens with zero attached hydrogens (tertiary/aromatic N) is 2. The molecule has 1 aromatic rings. The van der Waals surface area contributed by atoms with Crippen molar-refractivity contribution >= 4 is 11.8 Å². The molecule has 2 heterocycles. The number of nitrogens with one attached hydrogen (secondary N) is 1. The zero-order chi connectivity index (χ0) is 19.2. The summed E-state index contributed by atoms with van der Waals surface area (Å²) < 4.78 is 13.1. The first-order valence-electron chi connectivity index (χ1n) is 10.1. The molecule has 2 fully saturated rings. The standard InChI is InChI=1S/C21H30FN3O2/c1-16(17-7-9-23-10-8-17)15-20(26)24-11-2-12-25(14-13-24)21(27)18-3-5-19(22)6-4-18/h3-6,16-17,23H,2,7-15H2,1H3. The first kappa shape index (κ1) is 19.8. The van der Waals surface area contributed by atoms with Crippen molar-refractivity contribution in [3.8, 4) is 0 Å². The zero-order valence-electron chi connectivity index (χ0n) is 16.1. The molecule has 1 unspecified atom stereocenters. The van der Waals surface area contributed by atoms with E-state index in [0.29, 0.717) is 50.0 Å². The molecule has 0 aliphatic carbocycles. The summed E-state index contributed by atoms with van der Waals surface area (Å²) >= 11 is 0. The third-order valence-corrected chi connectivity index (χ3v) is 5.91. The minimum Gasteiger partial charge on any atom is -0.341 e. The third kappa shape index (κ3) is 5.28. The van der Waals surface area contributed by atoms with E-state index in [-0.39, 0.29) is 17.6 Å². The summed E-state index contributed by atoms with van der Waals surface area (Å²) in [5, 5.41) is 3.37. The summed E-state index contributed by atoms with van der Waals surface area (Å²) in [5.41, 5.74) is 0.496. The van der Waals surface area contributed by atoms with Gasteiger partial charge in [0.1, 0.15) is 5.82 Å². The Balaban J connectivity index is 1.52. The molecule has 0 saturated carbocycles. The van der Waals surface area contributed by atoms with E-state index in [9.17, 15) is 14.0 Å². The van der Waals surface area contributed by atoms with E-state index < -0.39 is 0 Å². The number of amides is 2. The topological polar surface area (TPSA) is 52.7 Å². The molecule has 1 atom stereocenters. The van der Waals surface area contributed by atoms with Crippen LogP contribution in [-0.2, 0) is 4.79 Å². The normalized spacial score (nSPS) is 20.2. The molecule has 2 aliphatic heterocycles. The fraction of sp³-hybridized carbons (Fsp3) is 0.619. The highest BCUT2D eigenvalue weighted by molar-refractivity contribution is 5.94. The monoisotopic (exact) mass is 375 g/mol. The van der Waals surface area contributed by atoms with Gasteiger partial charge in [0, 0.05) is 38.2 Å². The molecule has 6 heteroatoms. The lowest BCUT2D eigenvalue weighted by Gasteiger charge is -2.30. The van der Waals surface area contributed by atoms with E-state index in [4.69, 9.17) is 0 Å². The number of piperidine rings is 1. The van der Waals surface area contributed by atoms with Crippen molar-refractivity contribution in [2.24, 2.45) is 11.8 Å². The number of carbonyl (C=O) groups is 2. The van der Waals surface area contributed by atoms with Gasteiger partial charge in [0.15, 0.2) is 0 Å². The lowest BCUT2D eigenvalue weighted by molar-refractivity contribution is -0.132. The second-order valence-corrected chi connectivity index (χ2v) is 7.80. The molecule has 2 aliphatic rings. The van der Waals surface area contributed by atoms with E-state index in [1.807, 2.05) is 4.90 Å². The minimum absolute atomic E-state index is 0.0904. The van der Waals surface area contributed by atoms with Crippen LogP contribution in [0, 0.1) is 17.7 Å². The van der Waals surface area contributed by atoms with Crippen LogP contribution in [0.1, 0.15) is 43.0 Å². The van der Waals surface area contributed by atoms with Crippen molar-refractivity contribution in [3.63, 3.8) is 0 Å². The van der Waals surface area contributed by atoms with Gasteiger partial charge in [-0.1, -0.05) is 6.92 Å². The Morgan fingerprint density at radius 2 is 1.70 bits per heavy atom. The van der Waals surface area contributed by atoms with Crippen molar-refractivity contribution in [2.75, 3.05) is 39.3 Å². The lowest BCUT2D eigenvalue weighted by atomic mass is 9.84. The first-order chi connectivity index (χ1) is 13.0. The molecule has 148 valence electrons. The summed E-state index contributed by atoms with van der Waals surface area (Å²) in [5.74, 6) is 0.796. The summed E-state index contributed by atoms with van der Waals surface area (Å²) in [6, 6.07) is 5.66. The minimum atomic E-state index is -0.345. The van der Waals surface area contributed by atoms with Gasteiger partial charge in [-0.15, -0.1) is 0 Å². The van der Waals surface area contributed by atoms with E-state index in [1.165, 1.54) is 24.3 Å². The van der Waals surface area contributed by atoms with Crippen LogP contribution in [0.2, 0.25) is 0 Å². The molecule has 0 radical (unpaired) electrons. The summed E-state index contributed by atoms with van der Waals surface area (Å²) in [4.78, 5) is 29.1. The van der Waals surface area contributed by atoms with E-state index in [1.54, 1.807) is 4.90 Å². The molecule has 2 saturated heterocycles. The van der Waals surface area contributed by atoms with Gasteiger partial charge in [-0.25, -0.2) is 4.39 Å². The fourth-order valence-electron chi connectivity index (χ4n) is 4.13. The highest BCUT2D eigenvalue weighted by atomic mass is 19.1. The zero-order valence-corrected chi connectivity index (χ0v) is 16.1. The molecular formula is C21H30FN3O2. The molecule has 3 rings (SSSR count). The molecule has 1 aromatic carbocycles. The van der Waals surface area contributed by atoms with Crippen LogP contribution in [0.15, 0.2) is 24.3 Å². The molecule has 1 N–H and O–H groups in total. The Kier molecular flexibility index (Phi) is 6.83. The van der Waals surface area contributed by atoms with E-state index in [0.717, 1.165) is 32.4 Å². The maximum absolute atomic E-state index is 13.1. The number of hydrogen-bond donors (Lipinski definition) is 1. The third-order valence-electron chi connectivity index (χ3n) is 5.91. The second kappa shape index (κ2) is 9.31. The Morgan fingerprint density at radius 1 is 1.07 bits per heavy atom. The van der Waals surface area contributed by atoms with E-state index >= 15 is 0 Å². The summed E-state index contributed by atoms with van der Waals surface area (Å²) in [6.45, 7) is 6.72. The van der Waals surface area contributed by atoms with Crippen LogP contribution in [0.4, 0.5) is 4.39 Å². The van der Waals surface area contributed by atoms with Gasteiger partial charge in [0.2, 0.25) is 5.91 Å². The molecule has 0 spiro atoms. The predicted octanol–water partition coefficient (Wildman–Crippen LogP) is 2.53. The number of carbonyl (C=O) groups excluding carboxylic acids is 2. The average molecular weight is 375 g/mol. The van der Waals surface area contributed by atoms with Crippen LogP contribution in [0.3, 0.4) is 0 Å². The van der Waals surface area contributed by atoms with Gasteiger partial charge in [-0.05, 0) is 68.5 Å². The number of halogens is 1. The molecule has 2 amide bonds. The fourth-order valence-corrected chi connectivity index (χ4v) is 4.13. The molecular weight excluding hydrogens is 345 g/mol. The smallest absolute Gasteiger partial charge is 0.253 e. The Labute approximate surface area is 160 Å². The van der Waals surface area contributed by atoms with Crippen LogP contribution >= 0.6 is 0 Å². The van der Waals surface area contributed by atoms with Gasteiger partial charge < -0.3 is 15.1 Å². The van der Waals surface area contributed by atoms with Crippen molar-refractivity contribution in [1.82, 2.24) is 15.1 Å². The Morgan fingerprint density at radius 3 is 2.41 bits per heavy atom. The highest BCUT2D eigenvalue weighted by Gasteiger charge is 2.26. The number of hydrogen-bond acceptors (Lipinski definition) is 3. The second-order valence-electron chi connectivity index (χ2n) is 7.80. The molecule has 0 aromatic heterocycles. The van der Waals surface area contributed by atoms with Gasteiger partial charge in [0.05, 0.1) is 0 Å². The van der Waals surface area contributed by atoms with Gasteiger partial charge in [-0.3, -0.25) is 9.59 Å².